The fourth-order valence-electron chi connectivity index (χ4n) is 2.21. The van der Waals surface area contributed by atoms with E-state index in [4.69, 9.17) is 5.73 Å². The molecule has 3 aromatic rings. The first-order valence-electron chi connectivity index (χ1n) is 6.87. The number of nitrogens with one attached hydrogen (secondary N) is 1. The summed E-state index contributed by atoms with van der Waals surface area (Å²) < 4.78 is 15.3. The average Bonchev–Trinajstić information content (AvgIpc) is 3.08. The molecule has 2 heterocycles. The molecule has 0 atom stereocenters. The first-order valence-corrected chi connectivity index (χ1v) is 7.69. The molecule has 0 spiro atoms. The third-order valence-electron chi connectivity index (χ3n) is 3.32. The number of thiophene rings is 1. The minimum atomic E-state index is -0.612. The summed E-state index contributed by atoms with van der Waals surface area (Å²) in [6.45, 7) is 2.45. The Labute approximate surface area is 134 Å². The van der Waals surface area contributed by atoms with Gasteiger partial charge < -0.3 is 11.1 Å². The molecule has 1 aromatic carbocycles. The SMILES string of the molecule is CCn1nc(NC(=O)c2ccccc2F)c2cc(C(N)=O)sc21. The van der Waals surface area contributed by atoms with Gasteiger partial charge in [-0.05, 0) is 25.1 Å². The number of carbonyl (C=O) groups excluding carboxylic acids is 2. The number of nitrogens with two attached hydrogens (primary N) is 1. The molecular weight excluding hydrogens is 319 g/mol. The number of hydrogen-bond donors (Lipinski definition) is 2. The van der Waals surface area contributed by atoms with Crippen LogP contribution in [0, 0.1) is 5.82 Å². The van der Waals surface area contributed by atoms with Crippen LogP contribution in [0.5, 0.6) is 0 Å². The summed E-state index contributed by atoms with van der Waals surface area (Å²) in [5.74, 6) is -1.48. The van der Waals surface area contributed by atoms with Crippen molar-refractivity contribution in [1.82, 2.24) is 9.78 Å². The van der Waals surface area contributed by atoms with Gasteiger partial charge in [-0.25, -0.2) is 4.39 Å². The summed E-state index contributed by atoms with van der Waals surface area (Å²) in [5, 5.41) is 7.48. The summed E-state index contributed by atoms with van der Waals surface area (Å²) >= 11 is 1.20. The third kappa shape index (κ3) is 2.68. The smallest absolute Gasteiger partial charge is 0.259 e. The average molecular weight is 332 g/mol. The highest BCUT2D eigenvalue weighted by atomic mass is 32.1. The van der Waals surface area contributed by atoms with Crippen LogP contribution in [0.2, 0.25) is 0 Å². The predicted octanol–water partition coefficient (Wildman–Crippen LogP) is 2.61. The summed E-state index contributed by atoms with van der Waals surface area (Å²) in [6, 6.07) is 7.27. The zero-order valence-electron chi connectivity index (χ0n) is 12.2. The molecule has 2 amide bonds. The number of fused-ring (bicyclic) bond motifs is 1. The van der Waals surface area contributed by atoms with Crippen LogP contribution in [0.15, 0.2) is 30.3 Å². The van der Waals surface area contributed by atoms with E-state index < -0.39 is 17.6 Å². The Kier molecular flexibility index (Phi) is 3.83. The number of primary amides is 1. The van der Waals surface area contributed by atoms with Gasteiger partial charge in [-0.1, -0.05) is 12.1 Å². The number of carbonyl (C=O) groups is 2. The van der Waals surface area contributed by atoms with Crippen LogP contribution in [0.25, 0.3) is 10.2 Å². The Balaban J connectivity index is 2.01. The van der Waals surface area contributed by atoms with Gasteiger partial charge in [0.05, 0.1) is 15.8 Å². The van der Waals surface area contributed by atoms with Crippen LogP contribution < -0.4 is 11.1 Å². The van der Waals surface area contributed by atoms with Crippen LogP contribution in [-0.4, -0.2) is 21.6 Å². The fourth-order valence-corrected chi connectivity index (χ4v) is 3.24. The van der Waals surface area contributed by atoms with E-state index in [9.17, 15) is 14.0 Å². The molecule has 0 aliphatic carbocycles. The van der Waals surface area contributed by atoms with Crippen LogP contribution in [0.1, 0.15) is 27.0 Å². The second kappa shape index (κ2) is 5.81. The Morgan fingerprint density at radius 2 is 2.13 bits per heavy atom. The standard InChI is InChI=1S/C15H13FN4O2S/c1-2-20-15-9(7-11(23-15)12(17)21)13(19-20)18-14(22)8-5-3-4-6-10(8)16/h3-7H,2H2,1H3,(H2,17,21)(H,18,19,22). The normalized spacial score (nSPS) is 10.9. The lowest BCUT2D eigenvalue weighted by molar-refractivity contribution is 0.100. The van der Waals surface area contributed by atoms with E-state index in [0.29, 0.717) is 16.8 Å². The Hall–Kier alpha value is -2.74. The van der Waals surface area contributed by atoms with Gasteiger partial charge in [-0.2, -0.15) is 5.10 Å². The molecule has 0 unspecified atom stereocenters. The van der Waals surface area contributed by atoms with Gasteiger partial charge in [-0.3, -0.25) is 14.3 Å². The minimum absolute atomic E-state index is 0.0722. The molecule has 0 radical (unpaired) electrons. The molecule has 3 rings (SSSR count). The number of rotatable bonds is 4. The number of benzene rings is 1. The lowest BCUT2D eigenvalue weighted by Gasteiger charge is -2.03. The molecular formula is C15H13FN4O2S. The maximum atomic E-state index is 13.7. The molecule has 0 bridgehead atoms. The number of amides is 2. The van der Waals surface area contributed by atoms with Crippen molar-refractivity contribution in [2.45, 2.75) is 13.5 Å². The first-order chi connectivity index (χ1) is 11.0. The number of aromatic nitrogens is 2. The molecule has 2 aromatic heterocycles. The molecule has 0 saturated carbocycles. The first kappa shape index (κ1) is 15.2. The van der Waals surface area contributed by atoms with Gasteiger partial charge in [-0.15, -0.1) is 11.3 Å². The number of anilines is 1. The Bertz CT molecular complexity index is 915. The quantitative estimate of drug-likeness (QED) is 0.769. The van der Waals surface area contributed by atoms with Crippen LogP contribution in [-0.2, 0) is 6.54 Å². The zero-order chi connectivity index (χ0) is 16.6. The number of halogens is 1. The second-order valence-corrected chi connectivity index (χ2v) is 5.82. The lowest BCUT2D eigenvalue weighted by Crippen LogP contribution is -2.14. The van der Waals surface area contributed by atoms with Gasteiger partial charge >= 0.3 is 0 Å². The molecule has 6 nitrogen and oxygen atoms in total. The topological polar surface area (TPSA) is 90.0 Å². The highest BCUT2D eigenvalue weighted by molar-refractivity contribution is 7.20. The molecule has 0 fully saturated rings. The highest BCUT2D eigenvalue weighted by Gasteiger charge is 2.19. The fraction of sp³-hybridized carbons (Fsp3) is 0.133. The zero-order valence-corrected chi connectivity index (χ0v) is 13.0. The van der Waals surface area contributed by atoms with E-state index in [1.807, 2.05) is 6.92 Å². The second-order valence-electron chi connectivity index (χ2n) is 4.79. The molecule has 0 saturated heterocycles. The Morgan fingerprint density at radius 1 is 1.39 bits per heavy atom. The largest absolute Gasteiger partial charge is 0.365 e. The van der Waals surface area contributed by atoms with Crippen molar-refractivity contribution in [3.8, 4) is 0 Å². The molecule has 0 aliphatic heterocycles. The minimum Gasteiger partial charge on any atom is -0.365 e. The van der Waals surface area contributed by atoms with Crippen LogP contribution >= 0.6 is 11.3 Å². The summed E-state index contributed by atoms with van der Waals surface area (Å²) in [4.78, 5) is 24.7. The molecule has 23 heavy (non-hydrogen) atoms. The summed E-state index contributed by atoms with van der Waals surface area (Å²) in [6.07, 6.45) is 0. The Morgan fingerprint density at radius 3 is 2.78 bits per heavy atom. The van der Waals surface area contributed by atoms with Crippen molar-refractivity contribution in [3.63, 3.8) is 0 Å². The van der Waals surface area contributed by atoms with Gasteiger partial charge in [0.1, 0.15) is 10.6 Å². The molecule has 0 aliphatic rings. The van der Waals surface area contributed by atoms with Gasteiger partial charge in [0.25, 0.3) is 11.8 Å². The van der Waals surface area contributed by atoms with Crippen LogP contribution in [0.4, 0.5) is 10.2 Å². The molecule has 118 valence electrons. The predicted molar refractivity (Wildman–Crippen MR) is 86.2 cm³/mol. The number of hydrogen-bond acceptors (Lipinski definition) is 4. The van der Waals surface area contributed by atoms with E-state index in [1.165, 1.54) is 29.5 Å². The number of nitrogens with zero attached hydrogens (tertiary/aromatic N) is 2. The van der Waals surface area contributed by atoms with E-state index in [0.717, 1.165) is 4.83 Å². The summed E-state index contributed by atoms with van der Waals surface area (Å²) in [7, 11) is 0. The van der Waals surface area contributed by atoms with Gasteiger partial charge in [0.2, 0.25) is 0 Å². The maximum Gasteiger partial charge on any atom is 0.259 e. The molecule has 8 heteroatoms. The van der Waals surface area contributed by atoms with E-state index in [1.54, 1.807) is 16.8 Å². The van der Waals surface area contributed by atoms with Crippen LogP contribution in [0.3, 0.4) is 0 Å². The van der Waals surface area contributed by atoms with Gasteiger partial charge in [0, 0.05) is 6.54 Å². The van der Waals surface area contributed by atoms with E-state index in [2.05, 4.69) is 10.4 Å². The number of aryl methyl sites for hydroxylation is 1. The van der Waals surface area contributed by atoms with Crippen molar-refractivity contribution >= 4 is 39.2 Å². The van der Waals surface area contributed by atoms with Crippen molar-refractivity contribution in [2.24, 2.45) is 5.73 Å². The van der Waals surface area contributed by atoms with Gasteiger partial charge in [0.15, 0.2) is 5.82 Å². The van der Waals surface area contributed by atoms with Crippen molar-refractivity contribution in [3.05, 3.63) is 46.6 Å². The van der Waals surface area contributed by atoms with E-state index in [-0.39, 0.29) is 11.4 Å². The lowest BCUT2D eigenvalue weighted by atomic mass is 10.2. The third-order valence-corrected chi connectivity index (χ3v) is 4.48. The highest BCUT2D eigenvalue weighted by Crippen LogP contribution is 2.31. The van der Waals surface area contributed by atoms with Crippen molar-refractivity contribution in [1.29, 1.82) is 0 Å². The summed E-state index contributed by atoms with van der Waals surface area (Å²) in [5.41, 5.74) is 5.22. The molecule has 3 N–H and O–H groups in total. The van der Waals surface area contributed by atoms with E-state index >= 15 is 0 Å². The van der Waals surface area contributed by atoms with Crippen molar-refractivity contribution < 1.29 is 14.0 Å². The monoisotopic (exact) mass is 332 g/mol. The van der Waals surface area contributed by atoms with Crippen molar-refractivity contribution in [2.75, 3.05) is 5.32 Å². The maximum absolute atomic E-state index is 13.7.